The van der Waals surface area contributed by atoms with Crippen molar-refractivity contribution in [3.8, 4) is 0 Å². The summed E-state index contributed by atoms with van der Waals surface area (Å²) in [5.41, 5.74) is -0.175. The molecule has 0 bridgehead atoms. The lowest BCUT2D eigenvalue weighted by Gasteiger charge is -2.21. The summed E-state index contributed by atoms with van der Waals surface area (Å²) in [5.74, 6) is 0.390. The number of benzene rings is 1. The van der Waals surface area contributed by atoms with E-state index in [2.05, 4.69) is 31.0 Å². The molecule has 2 fully saturated rings. The van der Waals surface area contributed by atoms with Crippen molar-refractivity contribution in [3.63, 3.8) is 0 Å². The van der Waals surface area contributed by atoms with Gasteiger partial charge in [0.15, 0.2) is 0 Å². The zero-order chi connectivity index (χ0) is 21.0. The van der Waals surface area contributed by atoms with E-state index < -0.39 is 11.7 Å². The van der Waals surface area contributed by atoms with Crippen LogP contribution in [0.25, 0.3) is 5.78 Å². The molecule has 1 aliphatic heterocycles. The van der Waals surface area contributed by atoms with Crippen LogP contribution in [0.4, 0.5) is 13.2 Å². The van der Waals surface area contributed by atoms with Gasteiger partial charge in [0.2, 0.25) is 5.82 Å². The van der Waals surface area contributed by atoms with Crippen molar-refractivity contribution in [1.82, 2.24) is 24.5 Å². The molecule has 1 saturated heterocycles. The first kappa shape index (κ1) is 19.5. The van der Waals surface area contributed by atoms with Gasteiger partial charge in [0.25, 0.3) is 11.7 Å². The van der Waals surface area contributed by atoms with Crippen molar-refractivity contribution in [1.29, 1.82) is 0 Å². The Kier molecular flexibility index (Phi) is 4.57. The molecule has 1 unspecified atom stereocenters. The lowest BCUT2D eigenvalue weighted by Crippen LogP contribution is -2.30. The van der Waals surface area contributed by atoms with Gasteiger partial charge in [0.1, 0.15) is 0 Å². The highest BCUT2D eigenvalue weighted by Crippen LogP contribution is 2.48. The Hall–Kier alpha value is -2.49. The minimum atomic E-state index is -4.35. The van der Waals surface area contributed by atoms with E-state index in [4.69, 9.17) is 0 Å². The number of carbonyl (C=O) groups excluding carboxylic acids is 1. The summed E-state index contributed by atoms with van der Waals surface area (Å²) in [5, 5.41) is 4.21. The van der Waals surface area contributed by atoms with Gasteiger partial charge in [0, 0.05) is 25.5 Å². The van der Waals surface area contributed by atoms with E-state index >= 15 is 0 Å². The third-order valence-corrected chi connectivity index (χ3v) is 6.51. The van der Waals surface area contributed by atoms with Gasteiger partial charge in [-0.05, 0) is 58.2 Å². The monoisotopic (exact) mass is 479 g/mol. The van der Waals surface area contributed by atoms with Crippen LogP contribution in [0.5, 0.6) is 0 Å². The first-order valence-electron chi connectivity index (χ1n) is 9.63. The number of nitrogens with zero attached hydrogens (tertiary/aromatic N) is 5. The number of likely N-dealkylation sites (tertiary alicyclic amines) is 1. The largest absolute Gasteiger partial charge is 0.416 e. The third kappa shape index (κ3) is 3.36. The molecule has 5 rings (SSSR count). The predicted octanol–water partition coefficient (Wildman–Crippen LogP) is 4.17. The Bertz CT molecular complexity index is 1120. The van der Waals surface area contributed by atoms with Crippen LogP contribution in [0.3, 0.4) is 0 Å². The van der Waals surface area contributed by atoms with E-state index in [1.807, 2.05) is 0 Å². The van der Waals surface area contributed by atoms with Crippen LogP contribution >= 0.6 is 15.9 Å². The van der Waals surface area contributed by atoms with Gasteiger partial charge in [-0.25, -0.2) is 9.50 Å². The molecule has 3 heterocycles. The predicted molar refractivity (Wildman–Crippen MR) is 105 cm³/mol. The summed E-state index contributed by atoms with van der Waals surface area (Å²) in [6, 6.07) is 5.83. The van der Waals surface area contributed by atoms with Crippen LogP contribution in [0.1, 0.15) is 40.5 Å². The van der Waals surface area contributed by atoms with Crippen molar-refractivity contribution < 1.29 is 18.0 Å². The average molecular weight is 480 g/mol. The Balaban J connectivity index is 1.31. The van der Waals surface area contributed by atoms with Crippen LogP contribution in [-0.4, -0.2) is 43.5 Å². The summed E-state index contributed by atoms with van der Waals surface area (Å²) in [6.07, 6.45) is 0.197. The summed E-state index contributed by atoms with van der Waals surface area (Å²) < 4.78 is 42.3. The number of fused-ring (bicyclic) bond motifs is 2. The molecule has 0 radical (unpaired) electrons. The molecule has 1 saturated carbocycles. The number of hydrogen-bond donors (Lipinski definition) is 0. The maximum Gasteiger partial charge on any atom is 0.416 e. The number of amides is 1. The Morgan fingerprint density at radius 3 is 2.53 bits per heavy atom. The van der Waals surface area contributed by atoms with Crippen LogP contribution < -0.4 is 0 Å². The standard InChI is InChI=1S/C20H17BrF3N5O/c21-14-7-25-19-26-17(27-29(19)10-14)18(30)28-8-12-5-11(6-13(12)9-28)15-3-1-2-4-16(15)20(22,23)24/h1-4,7,10-13H,5-6,8-9H2/t11?,12-,13+. The maximum atomic E-state index is 13.4. The molecule has 6 nitrogen and oxygen atoms in total. The smallest absolute Gasteiger partial charge is 0.335 e. The molecule has 30 heavy (non-hydrogen) atoms. The molecule has 2 aliphatic rings. The van der Waals surface area contributed by atoms with E-state index in [-0.39, 0.29) is 29.5 Å². The fourth-order valence-electron chi connectivity index (χ4n) is 4.82. The Morgan fingerprint density at radius 1 is 1.13 bits per heavy atom. The van der Waals surface area contributed by atoms with Gasteiger partial charge in [-0.1, -0.05) is 18.2 Å². The number of hydrogen-bond acceptors (Lipinski definition) is 4. The quantitative estimate of drug-likeness (QED) is 0.553. The summed E-state index contributed by atoms with van der Waals surface area (Å²) in [6.45, 7) is 1.03. The molecule has 0 spiro atoms. The summed E-state index contributed by atoms with van der Waals surface area (Å²) >= 11 is 3.30. The van der Waals surface area contributed by atoms with E-state index in [1.165, 1.54) is 10.6 Å². The van der Waals surface area contributed by atoms with Crippen molar-refractivity contribution in [3.05, 3.63) is 58.1 Å². The molecule has 10 heteroatoms. The molecular weight excluding hydrogens is 463 g/mol. The highest BCUT2D eigenvalue weighted by Gasteiger charge is 2.45. The van der Waals surface area contributed by atoms with Gasteiger partial charge in [-0.3, -0.25) is 4.79 Å². The number of halogens is 4. The first-order valence-corrected chi connectivity index (χ1v) is 10.4. The molecule has 1 aromatic carbocycles. The molecule has 156 valence electrons. The molecule has 1 amide bonds. The average Bonchev–Trinajstić information content (AvgIpc) is 3.39. The molecule has 2 aromatic heterocycles. The molecule has 3 atom stereocenters. The molecule has 3 aromatic rings. The second kappa shape index (κ2) is 7.04. The fraction of sp³-hybridized carbons (Fsp3) is 0.400. The summed E-state index contributed by atoms with van der Waals surface area (Å²) in [4.78, 5) is 22.9. The second-order valence-electron chi connectivity index (χ2n) is 7.94. The Morgan fingerprint density at radius 2 is 1.83 bits per heavy atom. The van der Waals surface area contributed by atoms with E-state index in [1.54, 1.807) is 29.4 Å². The lowest BCUT2D eigenvalue weighted by atomic mass is 9.91. The van der Waals surface area contributed by atoms with Crippen LogP contribution in [0.2, 0.25) is 0 Å². The van der Waals surface area contributed by atoms with E-state index in [9.17, 15) is 18.0 Å². The van der Waals surface area contributed by atoms with Crippen LogP contribution in [0.15, 0.2) is 41.1 Å². The molecule has 0 N–H and O–H groups in total. The van der Waals surface area contributed by atoms with Crippen LogP contribution in [0, 0.1) is 11.8 Å². The molecular formula is C20H17BrF3N5O. The second-order valence-corrected chi connectivity index (χ2v) is 8.85. The van der Waals surface area contributed by atoms with E-state index in [0.29, 0.717) is 37.3 Å². The normalized spacial score (nSPS) is 23.9. The highest BCUT2D eigenvalue weighted by atomic mass is 79.9. The third-order valence-electron chi connectivity index (χ3n) is 6.10. The number of alkyl halides is 3. The van der Waals surface area contributed by atoms with Gasteiger partial charge in [-0.2, -0.15) is 18.2 Å². The maximum absolute atomic E-state index is 13.4. The highest BCUT2D eigenvalue weighted by molar-refractivity contribution is 9.10. The Labute approximate surface area is 178 Å². The SMILES string of the molecule is O=C(c1nc2ncc(Br)cn2n1)N1C[C@H]2CC(c3ccccc3C(F)(F)F)C[C@H]2C1. The van der Waals surface area contributed by atoms with Crippen molar-refractivity contribution in [2.75, 3.05) is 13.1 Å². The minimum absolute atomic E-state index is 0.0829. The lowest BCUT2D eigenvalue weighted by molar-refractivity contribution is -0.138. The van der Waals surface area contributed by atoms with Gasteiger partial charge in [-0.15, -0.1) is 5.10 Å². The van der Waals surface area contributed by atoms with Gasteiger partial charge < -0.3 is 4.90 Å². The van der Waals surface area contributed by atoms with Crippen molar-refractivity contribution >= 4 is 27.6 Å². The number of carbonyl (C=O) groups is 1. The minimum Gasteiger partial charge on any atom is -0.335 e. The first-order chi connectivity index (χ1) is 14.3. The van der Waals surface area contributed by atoms with E-state index in [0.717, 1.165) is 10.5 Å². The van der Waals surface area contributed by atoms with Crippen LogP contribution in [-0.2, 0) is 6.18 Å². The summed E-state index contributed by atoms with van der Waals surface area (Å²) in [7, 11) is 0. The zero-order valence-electron chi connectivity index (χ0n) is 15.7. The van der Waals surface area contributed by atoms with Crippen molar-refractivity contribution in [2.24, 2.45) is 11.8 Å². The molecule has 1 aliphatic carbocycles. The van der Waals surface area contributed by atoms with Crippen molar-refractivity contribution in [2.45, 2.75) is 24.9 Å². The number of rotatable bonds is 2. The topological polar surface area (TPSA) is 63.4 Å². The number of aromatic nitrogens is 4. The zero-order valence-corrected chi connectivity index (χ0v) is 17.3. The van der Waals surface area contributed by atoms with Gasteiger partial charge >= 0.3 is 6.18 Å². The fourth-order valence-corrected chi connectivity index (χ4v) is 5.12. The van der Waals surface area contributed by atoms with Gasteiger partial charge in [0.05, 0.1) is 10.0 Å².